The summed E-state index contributed by atoms with van der Waals surface area (Å²) >= 11 is 0. The van der Waals surface area contributed by atoms with E-state index in [9.17, 15) is 0 Å². The van der Waals surface area contributed by atoms with E-state index in [4.69, 9.17) is 16.8 Å². The molecule has 0 aliphatic rings. The van der Waals surface area contributed by atoms with Crippen molar-refractivity contribution in [2.45, 2.75) is 0 Å². The molecule has 0 bridgehead atoms. The molecule has 5 nitrogen and oxygen atoms in total. The summed E-state index contributed by atoms with van der Waals surface area (Å²) in [5, 5.41) is 8.51. The van der Waals surface area contributed by atoms with Gasteiger partial charge in [0.15, 0.2) is 0 Å². The van der Waals surface area contributed by atoms with Crippen molar-refractivity contribution < 1.29 is 0 Å². The fourth-order valence-electron chi connectivity index (χ4n) is 0.782. The van der Waals surface area contributed by atoms with Gasteiger partial charge in [-0.25, -0.2) is 10.8 Å². The Hall–Kier alpha value is -1.33. The average molecular weight is 303 g/mol. The van der Waals surface area contributed by atoms with E-state index in [1.807, 2.05) is 6.07 Å². The Kier molecular flexibility index (Phi) is 5.59. The Morgan fingerprint density at radius 1 is 1.36 bits per heavy atom. The summed E-state index contributed by atoms with van der Waals surface area (Å²) in [5.74, 6) is 5.15. The number of benzene rings is 1. The molecule has 0 saturated carbocycles. The Morgan fingerprint density at radius 2 is 1.93 bits per heavy atom. The molecule has 0 amide bonds. The third-order valence-electron chi connectivity index (χ3n) is 1.39. The first-order valence-electron chi connectivity index (χ1n) is 3.57. The van der Waals surface area contributed by atoms with Crippen molar-refractivity contribution in [1.82, 2.24) is 5.43 Å². The van der Waals surface area contributed by atoms with Gasteiger partial charge in [-0.3, -0.25) is 5.43 Å². The maximum atomic E-state index is 8.51. The number of halogens is 1. The van der Waals surface area contributed by atoms with E-state index >= 15 is 0 Å². The summed E-state index contributed by atoms with van der Waals surface area (Å²) in [4.78, 5) is 3.90. The smallest absolute Gasteiger partial charge is 0.208 e. The minimum absolute atomic E-state index is 0. The quantitative estimate of drug-likeness (QED) is 0.232. The summed E-state index contributed by atoms with van der Waals surface area (Å²) < 4.78 is 0. The van der Waals surface area contributed by atoms with Crippen LogP contribution in [0.1, 0.15) is 5.56 Å². The van der Waals surface area contributed by atoms with E-state index < -0.39 is 0 Å². The highest BCUT2D eigenvalue weighted by atomic mass is 127. The lowest BCUT2D eigenvalue weighted by Crippen LogP contribution is -2.36. The number of nitrogens with zero attached hydrogens (tertiary/aromatic N) is 2. The molecule has 0 fully saturated rings. The Balaban J connectivity index is 0.00000169. The number of guanidine groups is 1. The van der Waals surface area contributed by atoms with Crippen LogP contribution in [0.2, 0.25) is 0 Å². The molecule has 0 aliphatic carbocycles. The molecule has 0 heterocycles. The van der Waals surface area contributed by atoms with Crippen molar-refractivity contribution >= 4 is 35.6 Å². The second kappa shape index (κ2) is 6.17. The average Bonchev–Trinajstić information content (AvgIpc) is 2.19. The molecule has 0 spiro atoms. The van der Waals surface area contributed by atoms with Gasteiger partial charge < -0.3 is 5.73 Å². The minimum atomic E-state index is 0. The molecule has 0 radical (unpaired) electrons. The van der Waals surface area contributed by atoms with Gasteiger partial charge in [-0.05, 0) is 24.3 Å². The third-order valence-corrected chi connectivity index (χ3v) is 1.39. The lowest BCUT2D eigenvalue weighted by atomic mass is 10.2. The lowest BCUT2D eigenvalue weighted by molar-refractivity contribution is 1.01. The zero-order valence-electron chi connectivity index (χ0n) is 7.27. The standard InChI is InChI=1S/C8H9N5.HI/c9-5-6-1-3-7(4-2-6)12-8(10)13-11;/h1-4H,11H2,(H3,10,12,13);1H. The van der Waals surface area contributed by atoms with Crippen LogP contribution in [0.15, 0.2) is 29.3 Å². The maximum Gasteiger partial charge on any atom is 0.208 e. The highest BCUT2D eigenvalue weighted by Gasteiger charge is 1.92. The summed E-state index contributed by atoms with van der Waals surface area (Å²) in [5.41, 5.74) is 8.76. The Morgan fingerprint density at radius 3 is 2.36 bits per heavy atom. The number of rotatable bonds is 1. The summed E-state index contributed by atoms with van der Waals surface area (Å²) in [6, 6.07) is 8.68. The normalized spacial score (nSPS) is 9.86. The first-order valence-corrected chi connectivity index (χ1v) is 3.57. The van der Waals surface area contributed by atoms with Crippen molar-refractivity contribution in [3.63, 3.8) is 0 Å². The topological polar surface area (TPSA) is 100 Å². The lowest BCUT2D eigenvalue weighted by Gasteiger charge is -1.97. The maximum absolute atomic E-state index is 8.51. The summed E-state index contributed by atoms with van der Waals surface area (Å²) in [6.45, 7) is 0. The number of hydrazine groups is 1. The Labute approximate surface area is 98.8 Å². The predicted molar refractivity (Wildman–Crippen MR) is 65.2 cm³/mol. The van der Waals surface area contributed by atoms with Crippen molar-refractivity contribution in [1.29, 1.82) is 5.26 Å². The van der Waals surface area contributed by atoms with Gasteiger partial charge in [0.1, 0.15) is 0 Å². The first kappa shape index (κ1) is 12.7. The molecule has 14 heavy (non-hydrogen) atoms. The van der Waals surface area contributed by atoms with Crippen LogP contribution in [0.4, 0.5) is 5.69 Å². The van der Waals surface area contributed by atoms with Gasteiger partial charge in [-0.15, -0.1) is 24.0 Å². The highest BCUT2D eigenvalue weighted by Crippen LogP contribution is 2.11. The molecule has 0 atom stereocenters. The number of nitrogens with one attached hydrogen (secondary N) is 1. The monoisotopic (exact) mass is 303 g/mol. The predicted octanol–water partition coefficient (Wildman–Crippen LogP) is 0.586. The molecule has 0 aromatic heterocycles. The van der Waals surface area contributed by atoms with Gasteiger partial charge in [-0.1, -0.05) is 0 Å². The van der Waals surface area contributed by atoms with Crippen molar-refractivity contribution in [3.8, 4) is 6.07 Å². The van der Waals surface area contributed by atoms with Crippen LogP contribution in [0.25, 0.3) is 0 Å². The van der Waals surface area contributed by atoms with Crippen LogP contribution in [-0.2, 0) is 0 Å². The second-order valence-electron chi connectivity index (χ2n) is 2.30. The molecule has 0 aliphatic heterocycles. The zero-order valence-corrected chi connectivity index (χ0v) is 9.60. The van der Waals surface area contributed by atoms with E-state index in [-0.39, 0.29) is 29.9 Å². The molecule has 1 aromatic carbocycles. The van der Waals surface area contributed by atoms with Gasteiger partial charge in [0.25, 0.3) is 0 Å². The van der Waals surface area contributed by atoms with Crippen LogP contribution in [0.5, 0.6) is 0 Å². The number of nitriles is 1. The van der Waals surface area contributed by atoms with Crippen LogP contribution < -0.4 is 17.0 Å². The molecular formula is C8H10IN5. The fraction of sp³-hybridized carbons (Fsp3) is 0. The molecule has 1 aromatic rings. The van der Waals surface area contributed by atoms with E-state index in [0.29, 0.717) is 11.3 Å². The molecule has 74 valence electrons. The largest absolute Gasteiger partial charge is 0.369 e. The summed E-state index contributed by atoms with van der Waals surface area (Å²) in [6.07, 6.45) is 0. The molecule has 1 rings (SSSR count). The molecule has 5 N–H and O–H groups in total. The fourth-order valence-corrected chi connectivity index (χ4v) is 0.782. The summed E-state index contributed by atoms with van der Waals surface area (Å²) in [7, 11) is 0. The SMILES string of the molecule is I.N#Cc1ccc(N=C(N)NN)cc1. The van der Waals surface area contributed by atoms with Crippen LogP contribution in [0.3, 0.4) is 0 Å². The van der Waals surface area contributed by atoms with E-state index in [1.165, 1.54) is 0 Å². The van der Waals surface area contributed by atoms with Gasteiger partial charge in [0.05, 0.1) is 17.3 Å². The van der Waals surface area contributed by atoms with Crippen LogP contribution in [0, 0.1) is 11.3 Å². The van der Waals surface area contributed by atoms with E-state index in [2.05, 4.69) is 10.4 Å². The third kappa shape index (κ3) is 3.59. The van der Waals surface area contributed by atoms with E-state index in [1.54, 1.807) is 24.3 Å². The molecule has 0 saturated heterocycles. The van der Waals surface area contributed by atoms with Crippen LogP contribution >= 0.6 is 24.0 Å². The molecular weight excluding hydrogens is 293 g/mol. The van der Waals surface area contributed by atoms with Crippen molar-refractivity contribution in [3.05, 3.63) is 29.8 Å². The van der Waals surface area contributed by atoms with Gasteiger partial charge in [-0.2, -0.15) is 5.26 Å². The van der Waals surface area contributed by atoms with Gasteiger partial charge in [0, 0.05) is 0 Å². The first-order chi connectivity index (χ1) is 6.26. The van der Waals surface area contributed by atoms with Crippen molar-refractivity contribution in [2.75, 3.05) is 0 Å². The number of hydrogen-bond acceptors (Lipinski definition) is 3. The van der Waals surface area contributed by atoms with Gasteiger partial charge in [0.2, 0.25) is 5.96 Å². The number of aliphatic imine (C=N–C) groups is 1. The minimum Gasteiger partial charge on any atom is -0.369 e. The number of nitrogens with two attached hydrogens (primary N) is 2. The Bertz CT molecular complexity index is 351. The molecule has 6 heteroatoms. The van der Waals surface area contributed by atoms with Crippen molar-refractivity contribution in [2.24, 2.45) is 16.6 Å². The van der Waals surface area contributed by atoms with Crippen LogP contribution in [-0.4, -0.2) is 5.96 Å². The van der Waals surface area contributed by atoms with Gasteiger partial charge >= 0.3 is 0 Å². The number of hydrogen-bond donors (Lipinski definition) is 3. The highest BCUT2D eigenvalue weighted by molar-refractivity contribution is 14.0. The second-order valence-corrected chi connectivity index (χ2v) is 2.30. The van der Waals surface area contributed by atoms with E-state index in [0.717, 1.165) is 0 Å². The zero-order chi connectivity index (χ0) is 9.68. The molecule has 0 unspecified atom stereocenters.